The summed E-state index contributed by atoms with van der Waals surface area (Å²) < 4.78 is 10.8. The normalized spacial score (nSPS) is 21.8. The number of hydrogen-bond donors (Lipinski definition) is 1. The van der Waals surface area contributed by atoms with Crippen molar-refractivity contribution in [3.05, 3.63) is 18.2 Å². The van der Waals surface area contributed by atoms with Crippen LogP contribution in [0.5, 0.6) is 0 Å². The molecule has 5 nitrogen and oxygen atoms in total. The van der Waals surface area contributed by atoms with E-state index in [0.29, 0.717) is 19.3 Å². The third kappa shape index (κ3) is 4.11. The Bertz CT molecular complexity index is 303. The second-order valence-corrected chi connectivity index (χ2v) is 4.44. The first-order valence-corrected chi connectivity index (χ1v) is 6.18. The number of piperidine rings is 1. The van der Waals surface area contributed by atoms with E-state index in [1.807, 2.05) is 6.20 Å². The fraction of sp³-hybridized carbons (Fsp3) is 0.750. The maximum absolute atomic E-state index is 5.78. The third-order valence-electron chi connectivity index (χ3n) is 3.05. The molecule has 1 aliphatic heterocycles. The summed E-state index contributed by atoms with van der Waals surface area (Å²) in [5.74, 6) is 0. The SMILES string of the molecule is COCCO[C@H]1CCCN(Cc2cnc[nH]2)C1. The second-order valence-electron chi connectivity index (χ2n) is 4.44. The van der Waals surface area contributed by atoms with Crippen molar-refractivity contribution in [2.75, 3.05) is 33.4 Å². The first-order valence-electron chi connectivity index (χ1n) is 6.18. The van der Waals surface area contributed by atoms with Crippen molar-refractivity contribution in [1.29, 1.82) is 0 Å². The summed E-state index contributed by atoms with van der Waals surface area (Å²) in [6, 6.07) is 0. The second kappa shape index (κ2) is 6.74. The van der Waals surface area contributed by atoms with E-state index in [0.717, 1.165) is 26.1 Å². The minimum atomic E-state index is 0.349. The highest BCUT2D eigenvalue weighted by atomic mass is 16.5. The molecule has 1 aromatic rings. The number of aromatic nitrogens is 2. The van der Waals surface area contributed by atoms with Crippen molar-refractivity contribution >= 4 is 0 Å². The van der Waals surface area contributed by atoms with E-state index in [4.69, 9.17) is 9.47 Å². The minimum Gasteiger partial charge on any atom is -0.382 e. The highest BCUT2D eigenvalue weighted by Gasteiger charge is 2.20. The van der Waals surface area contributed by atoms with Crippen LogP contribution in [0.4, 0.5) is 0 Å². The zero-order valence-corrected chi connectivity index (χ0v) is 10.4. The van der Waals surface area contributed by atoms with Crippen LogP contribution in [0.3, 0.4) is 0 Å². The van der Waals surface area contributed by atoms with Gasteiger partial charge in [-0.15, -0.1) is 0 Å². The molecule has 1 aromatic heterocycles. The zero-order valence-electron chi connectivity index (χ0n) is 10.4. The van der Waals surface area contributed by atoms with Gasteiger partial charge in [-0.1, -0.05) is 0 Å². The Morgan fingerprint density at radius 3 is 3.24 bits per heavy atom. The van der Waals surface area contributed by atoms with Crippen molar-refractivity contribution in [3.8, 4) is 0 Å². The number of nitrogens with zero attached hydrogens (tertiary/aromatic N) is 2. The lowest BCUT2D eigenvalue weighted by atomic mass is 10.1. The molecule has 1 atom stereocenters. The minimum absolute atomic E-state index is 0.349. The summed E-state index contributed by atoms with van der Waals surface area (Å²) in [5.41, 5.74) is 1.17. The molecule has 0 radical (unpaired) electrons. The monoisotopic (exact) mass is 239 g/mol. The van der Waals surface area contributed by atoms with Gasteiger partial charge in [0.05, 0.1) is 25.6 Å². The Morgan fingerprint density at radius 1 is 1.53 bits per heavy atom. The van der Waals surface area contributed by atoms with E-state index in [9.17, 15) is 0 Å². The van der Waals surface area contributed by atoms with Gasteiger partial charge in [0.1, 0.15) is 0 Å². The molecule has 2 rings (SSSR count). The van der Waals surface area contributed by atoms with Crippen LogP contribution in [-0.4, -0.2) is 54.4 Å². The van der Waals surface area contributed by atoms with Gasteiger partial charge in [-0.05, 0) is 19.4 Å². The van der Waals surface area contributed by atoms with Crippen molar-refractivity contribution in [1.82, 2.24) is 14.9 Å². The van der Waals surface area contributed by atoms with E-state index in [1.165, 1.54) is 12.1 Å². The van der Waals surface area contributed by atoms with Crippen molar-refractivity contribution in [2.45, 2.75) is 25.5 Å². The highest BCUT2D eigenvalue weighted by Crippen LogP contribution is 2.15. The van der Waals surface area contributed by atoms with Gasteiger partial charge in [0.2, 0.25) is 0 Å². The van der Waals surface area contributed by atoms with Crippen molar-refractivity contribution < 1.29 is 9.47 Å². The van der Waals surface area contributed by atoms with Crippen molar-refractivity contribution in [2.24, 2.45) is 0 Å². The molecule has 0 bridgehead atoms. The summed E-state index contributed by atoms with van der Waals surface area (Å²) in [6.45, 7) is 4.45. The Balaban J connectivity index is 1.72. The fourth-order valence-electron chi connectivity index (χ4n) is 2.20. The van der Waals surface area contributed by atoms with Crippen LogP contribution in [0, 0.1) is 0 Å². The van der Waals surface area contributed by atoms with E-state index in [-0.39, 0.29) is 0 Å². The molecule has 5 heteroatoms. The van der Waals surface area contributed by atoms with Gasteiger partial charge in [0.15, 0.2) is 0 Å². The molecule has 2 heterocycles. The molecule has 1 saturated heterocycles. The van der Waals surface area contributed by atoms with Crippen LogP contribution in [0.1, 0.15) is 18.5 Å². The lowest BCUT2D eigenvalue weighted by molar-refractivity contribution is -0.0226. The first-order chi connectivity index (χ1) is 8.38. The van der Waals surface area contributed by atoms with E-state index < -0.39 is 0 Å². The van der Waals surface area contributed by atoms with Gasteiger partial charge in [-0.25, -0.2) is 4.98 Å². The van der Waals surface area contributed by atoms with Gasteiger partial charge in [-0.2, -0.15) is 0 Å². The quantitative estimate of drug-likeness (QED) is 0.754. The number of imidazole rings is 1. The van der Waals surface area contributed by atoms with Crippen LogP contribution in [0.25, 0.3) is 0 Å². The van der Waals surface area contributed by atoms with Gasteiger partial charge >= 0.3 is 0 Å². The summed E-state index contributed by atoms with van der Waals surface area (Å²) in [7, 11) is 1.70. The predicted molar refractivity (Wildman–Crippen MR) is 64.7 cm³/mol. The van der Waals surface area contributed by atoms with Crippen LogP contribution in [0.2, 0.25) is 0 Å². The number of likely N-dealkylation sites (tertiary alicyclic amines) is 1. The molecule has 1 N–H and O–H groups in total. The number of nitrogens with one attached hydrogen (secondary N) is 1. The van der Waals surface area contributed by atoms with Crippen LogP contribution < -0.4 is 0 Å². The summed E-state index contributed by atoms with van der Waals surface area (Å²) in [5, 5.41) is 0. The van der Waals surface area contributed by atoms with E-state index in [2.05, 4.69) is 14.9 Å². The maximum atomic E-state index is 5.78. The average molecular weight is 239 g/mol. The number of H-pyrrole nitrogens is 1. The molecule has 0 unspecified atom stereocenters. The van der Waals surface area contributed by atoms with Crippen LogP contribution in [0.15, 0.2) is 12.5 Å². The number of rotatable bonds is 6. The lowest BCUT2D eigenvalue weighted by Gasteiger charge is -2.32. The van der Waals surface area contributed by atoms with E-state index in [1.54, 1.807) is 13.4 Å². The predicted octanol–water partition coefficient (Wildman–Crippen LogP) is 1.04. The lowest BCUT2D eigenvalue weighted by Crippen LogP contribution is -2.39. The summed E-state index contributed by atoms with van der Waals surface area (Å²) >= 11 is 0. The van der Waals surface area contributed by atoms with Gasteiger partial charge < -0.3 is 14.5 Å². The number of aromatic amines is 1. The Morgan fingerprint density at radius 2 is 2.47 bits per heavy atom. The molecule has 0 aromatic carbocycles. The largest absolute Gasteiger partial charge is 0.382 e. The Kier molecular flexibility index (Phi) is 4.97. The van der Waals surface area contributed by atoms with Gasteiger partial charge in [0.25, 0.3) is 0 Å². The molecule has 0 amide bonds. The molecule has 0 saturated carbocycles. The first kappa shape index (κ1) is 12.5. The van der Waals surface area contributed by atoms with Crippen LogP contribution >= 0.6 is 0 Å². The standard InChI is InChI=1S/C12H21N3O2/c1-16-5-6-17-12-3-2-4-15(9-12)8-11-7-13-10-14-11/h7,10,12H,2-6,8-9H2,1H3,(H,13,14)/t12-/m0/s1. The topological polar surface area (TPSA) is 50.4 Å². The number of methoxy groups -OCH3 is 1. The van der Waals surface area contributed by atoms with Gasteiger partial charge in [0, 0.05) is 32.1 Å². The summed E-state index contributed by atoms with van der Waals surface area (Å²) in [4.78, 5) is 9.59. The Hall–Kier alpha value is -0.910. The third-order valence-corrected chi connectivity index (χ3v) is 3.05. The molecular formula is C12H21N3O2. The molecule has 0 spiro atoms. The molecule has 0 aliphatic carbocycles. The number of hydrogen-bond acceptors (Lipinski definition) is 4. The smallest absolute Gasteiger partial charge is 0.0922 e. The Labute approximate surface area is 102 Å². The number of ether oxygens (including phenoxy) is 2. The molecule has 17 heavy (non-hydrogen) atoms. The molecule has 1 fully saturated rings. The van der Waals surface area contributed by atoms with Gasteiger partial charge in [-0.3, -0.25) is 4.90 Å². The fourth-order valence-corrected chi connectivity index (χ4v) is 2.20. The zero-order chi connectivity index (χ0) is 11.9. The van der Waals surface area contributed by atoms with Crippen molar-refractivity contribution in [3.63, 3.8) is 0 Å². The molecule has 96 valence electrons. The summed E-state index contributed by atoms with van der Waals surface area (Å²) in [6.07, 6.45) is 6.32. The molecule has 1 aliphatic rings. The van der Waals surface area contributed by atoms with E-state index >= 15 is 0 Å². The van der Waals surface area contributed by atoms with Crippen LogP contribution in [-0.2, 0) is 16.0 Å². The maximum Gasteiger partial charge on any atom is 0.0922 e. The molecular weight excluding hydrogens is 218 g/mol. The average Bonchev–Trinajstić information content (AvgIpc) is 2.83. The highest BCUT2D eigenvalue weighted by molar-refractivity contribution is 4.94.